The third kappa shape index (κ3) is 4.82. The highest BCUT2D eigenvalue weighted by Gasteiger charge is 2.18. The van der Waals surface area contributed by atoms with Crippen molar-refractivity contribution in [2.45, 2.75) is 52.1 Å². The monoisotopic (exact) mass is 417 g/mol. The molecule has 2 amide bonds. The summed E-state index contributed by atoms with van der Waals surface area (Å²) in [5.41, 5.74) is 3.17. The number of carbonyl (C=O) groups is 2. The van der Waals surface area contributed by atoms with Crippen LogP contribution in [0.1, 0.15) is 47.9 Å². The highest BCUT2D eigenvalue weighted by atomic mass is 16.2. The molecule has 0 radical (unpaired) electrons. The Kier molecular flexibility index (Phi) is 6.11. The van der Waals surface area contributed by atoms with Gasteiger partial charge in [-0.1, -0.05) is 24.1 Å². The molecular formula is C24H27N5O2. The fourth-order valence-electron chi connectivity index (χ4n) is 3.78. The topological polar surface area (TPSA) is 88.9 Å². The third-order valence-corrected chi connectivity index (χ3v) is 5.54. The van der Waals surface area contributed by atoms with Crippen molar-refractivity contribution in [2.75, 3.05) is 5.32 Å². The van der Waals surface area contributed by atoms with Crippen LogP contribution in [0.3, 0.4) is 0 Å². The van der Waals surface area contributed by atoms with E-state index in [2.05, 4.69) is 25.4 Å². The molecule has 0 unspecified atom stereocenters. The van der Waals surface area contributed by atoms with Gasteiger partial charge in [0.25, 0.3) is 5.91 Å². The minimum absolute atomic E-state index is 0.269. The molecule has 1 aliphatic rings. The number of fused-ring (bicyclic) bond motifs is 1. The third-order valence-electron chi connectivity index (χ3n) is 5.54. The SMILES string of the molecule is Cc1cccc(C(=O)N[C@@H](C)C(=O)Nc2ccc(-c3nnc4n3CCCCC4)cc2)c1. The summed E-state index contributed by atoms with van der Waals surface area (Å²) in [6.45, 7) is 4.53. The van der Waals surface area contributed by atoms with E-state index in [1.807, 2.05) is 43.3 Å². The summed E-state index contributed by atoms with van der Waals surface area (Å²) in [6, 6.07) is 14.2. The van der Waals surface area contributed by atoms with Crippen molar-refractivity contribution in [2.24, 2.45) is 0 Å². The zero-order valence-corrected chi connectivity index (χ0v) is 17.9. The number of nitrogens with one attached hydrogen (secondary N) is 2. The predicted molar refractivity (Wildman–Crippen MR) is 120 cm³/mol. The molecule has 0 fully saturated rings. The Balaban J connectivity index is 1.39. The summed E-state index contributed by atoms with van der Waals surface area (Å²) in [5.74, 6) is 1.37. The molecule has 2 N–H and O–H groups in total. The van der Waals surface area contributed by atoms with Crippen molar-refractivity contribution >= 4 is 17.5 Å². The van der Waals surface area contributed by atoms with Crippen molar-refractivity contribution in [1.82, 2.24) is 20.1 Å². The number of carbonyl (C=O) groups excluding carboxylic acids is 2. The van der Waals surface area contributed by atoms with Crippen LogP contribution in [-0.2, 0) is 17.8 Å². The molecule has 0 aliphatic carbocycles. The molecule has 1 aromatic heterocycles. The van der Waals surface area contributed by atoms with E-state index in [9.17, 15) is 9.59 Å². The van der Waals surface area contributed by atoms with Crippen molar-refractivity contribution < 1.29 is 9.59 Å². The van der Waals surface area contributed by atoms with Gasteiger partial charge in [-0.05, 0) is 63.1 Å². The second-order valence-corrected chi connectivity index (χ2v) is 8.03. The summed E-state index contributed by atoms with van der Waals surface area (Å²) < 4.78 is 2.20. The van der Waals surface area contributed by atoms with Gasteiger partial charge in [0.1, 0.15) is 11.9 Å². The molecule has 7 heteroatoms. The van der Waals surface area contributed by atoms with Crippen molar-refractivity contribution in [3.05, 3.63) is 65.5 Å². The highest BCUT2D eigenvalue weighted by molar-refractivity contribution is 6.01. The van der Waals surface area contributed by atoms with Gasteiger partial charge in [0.2, 0.25) is 5.91 Å². The lowest BCUT2D eigenvalue weighted by Crippen LogP contribution is -2.41. The lowest BCUT2D eigenvalue weighted by atomic mass is 10.1. The van der Waals surface area contributed by atoms with Gasteiger partial charge in [-0.15, -0.1) is 10.2 Å². The molecule has 4 rings (SSSR count). The van der Waals surface area contributed by atoms with E-state index < -0.39 is 6.04 Å². The number of hydrogen-bond acceptors (Lipinski definition) is 4. The normalized spacial score (nSPS) is 14.3. The van der Waals surface area contributed by atoms with Crippen LogP contribution < -0.4 is 10.6 Å². The van der Waals surface area contributed by atoms with Crippen LogP contribution in [0.4, 0.5) is 5.69 Å². The zero-order chi connectivity index (χ0) is 21.8. The maximum absolute atomic E-state index is 12.5. The fourth-order valence-corrected chi connectivity index (χ4v) is 3.78. The summed E-state index contributed by atoms with van der Waals surface area (Å²) in [7, 11) is 0. The van der Waals surface area contributed by atoms with E-state index in [4.69, 9.17) is 0 Å². The number of rotatable bonds is 5. The average Bonchev–Trinajstić information content (AvgIpc) is 3.02. The van der Waals surface area contributed by atoms with Crippen molar-refractivity contribution in [1.29, 1.82) is 0 Å². The summed E-state index contributed by atoms with van der Waals surface area (Å²) >= 11 is 0. The number of aromatic nitrogens is 3. The summed E-state index contributed by atoms with van der Waals surface area (Å²) in [4.78, 5) is 24.9. The van der Waals surface area contributed by atoms with Gasteiger partial charge >= 0.3 is 0 Å². The molecule has 2 aromatic carbocycles. The smallest absolute Gasteiger partial charge is 0.251 e. The summed E-state index contributed by atoms with van der Waals surface area (Å²) in [6.07, 6.45) is 4.47. The standard InChI is InChI=1S/C24H27N5O2/c1-16-7-6-8-19(15-16)24(31)25-17(2)23(30)26-20-12-10-18(11-13-20)22-28-27-21-9-4-3-5-14-29(21)22/h6-8,10-13,15,17H,3-5,9,14H2,1-2H3,(H,25,31)(H,26,30)/t17-/m0/s1. The van der Waals surface area contributed by atoms with Gasteiger partial charge in [0, 0.05) is 29.8 Å². The van der Waals surface area contributed by atoms with E-state index >= 15 is 0 Å². The maximum atomic E-state index is 12.5. The van der Waals surface area contributed by atoms with Crippen LogP contribution >= 0.6 is 0 Å². The maximum Gasteiger partial charge on any atom is 0.251 e. The average molecular weight is 418 g/mol. The molecule has 160 valence electrons. The Morgan fingerprint density at radius 1 is 1.03 bits per heavy atom. The van der Waals surface area contributed by atoms with Gasteiger partial charge in [-0.2, -0.15) is 0 Å². The van der Waals surface area contributed by atoms with Crippen LogP contribution in [0.2, 0.25) is 0 Å². The van der Waals surface area contributed by atoms with Crippen molar-refractivity contribution in [3.8, 4) is 11.4 Å². The quantitative estimate of drug-likeness (QED) is 0.662. The fraction of sp³-hybridized carbons (Fsp3) is 0.333. The van der Waals surface area contributed by atoms with Crippen LogP contribution in [0.25, 0.3) is 11.4 Å². The van der Waals surface area contributed by atoms with E-state index in [0.29, 0.717) is 11.3 Å². The van der Waals surface area contributed by atoms with Gasteiger partial charge in [-0.25, -0.2) is 0 Å². The Morgan fingerprint density at radius 3 is 2.61 bits per heavy atom. The number of nitrogens with zero attached hydrogens (tertiary/aromatic N) is 3. The van der Waals surface area contributed by atoms with Crippen LogP contribution in [0, 0.1) is 6.92 Å². The Morgan fingerprint density at radius 2 is 1.84 bits per heavy atom. The van der Waals surface area contributed by atoms with E-state index in [-0.39, 0.29) is 11.8 Å². The largest absolute Gasteiger partial charge is 0.341 e. The van der Waals surface area contributed by atoms with E-state index in [1.54, 1.807) is 19.1 Å². The highest BCUT2D eigenvalue weighted by Crippen LogP contribution is 2.24. The first-order valence-corrected chi connectivity index (χ1v) is 10.7. The molecule has 1 atom stereocenters. The first-order valence-electron chi connectivity index (χ1n) is 10.7. The van der Waals surface area contributed by atoms with Crippen molar-refractivity contribution in [3.63, 3.8) is 0 Å². The second kappa shape index (κ2) is 9.12. The van der Waals surface area contributed by atoms with Gasteiger partial charge in [0.15, 0.2) is 5.82 Å². The molecule has 2 heterocycles. The number of anilines is 1. The molecule has 0 saturated heterocycles. The molecule has 0 bridgehead atoms. The number of aryl methyl sites for hydroxylation is 2. The van der Waals surface area contributed by atoms with Gasteiger partial charge in [-0.3, -0.25) is 9.59 Å². The Bertz CT molecular complexity index is 1090. The Labute approximate surface area is 181 Å². The second-order valence-electron chi connectivity index (χ2n) is 8.03. The summed E-state index contributed by atoms with van der Waals surface area (Å²) in [5, 5.41) is 14.3. The van der Waals surface area contributed by atoms with E-state index in [0.717, 1.165) is 48.6 Å². The minimum atomic E-state index is -0.667. The van der Waals surface area contributed by atoms with Crippen LogP contribution in [-0.4, -0.2) is 32.6 Å². The first kappa shape index (κ1) is 20.8. The van der Waals surface area contributed by atoms with Crippen LogP contribution in [0.5, 0.6) is 0 Å². The number of benzene rings is 2. The molecule has 0 spiro atoms. The molecule has 1 aliphatic heterocycles. The van der Waals surface area contributed by atoms with Gasteiger partial charge < -0.3 is 15.2 Å². The van der Waals surface area contributed by atoms with E-state index in [1.165, 1.54) is 6.42 Å². The molecule has 0 saturated carbocycles. The number of hydrogen-bond donors (Lipinski definition) is 2. The molecule has 3 aromatic rings. The minimum Gasteiger partial charge on any atom is -0.341 e. The first-order chi connectivity index (χ1) is 15.0. The molecular weight excluding hydrogens is 390 g/mol. The zero-order valence-electron chi connectivity index (χ0n) is 17.9. The lowest BCUT2D eigenvalue weighted by Gasteiger charge is -2.15. The molecule has 31 heavy (non-hydrogen) atoms. The predicted octanol–water partition coefficient (Wildman–Crippen LogP) is 3.74. The number of amides is 2. The van der Waals surface area contributed by atoms with Crippen LogP contribution in [0.15, 0.2) is 48.5 Å². The van der Waals surface area contributed by atoms with Gasteiger partial charge in [0.05, 0.1) is 0 Å². The Hall–Kier alpha value is -3.48. The molecule has 7 nitrogen and oxygen atoms in total. The lowest BCUT2D eigenvalue weighted by molar-refractivity contribution is -0.117.